The van der Waals surface area contributed by atoms with E-state index in [1.165, 1.54) is 18.5 Å². The van der Waals surface area contributed by atoms with E-state index in [-0.39, 0.29) is 22.5 Å². The molecule has 1 aromatic heterocycles. The molecule has 2 rings (SSSR count). The molecule has 1 aliphatic rings. The lowest BCUT2D eigenvalue weighted by molar-refractivity contribution is -0.0908. The number of hydrogen-bond acceptors (Lipinski definition) is 4. The standard InChI is InChI=1S/C12H18N2O4S/c1-12(2)10(6-11(12)18-3)14-19(16,17)9-7-13-5-4-8(9)15/h4-5,7,10-11,14H,6H2,1-3H3,(H,13,15). The molecule has 0 radical (unpaired) electrons. The fourth-order valence-electron chi connectivity index (χ4n) is 2.35. The number of H-pyrrole nitrogens is 1. The van der Waals surface area contributed by atoms with E-state index in [2.05, 4.69) is 9.71 Å². The zero-order chi connectivity index (χ0) is 14.3. The topological polar surface area (TPSA) is 88.3 Å². The van der Waals surface area contributed by atoms with Crippen molar-refractivity contribution in [3.8, 4) is 0 Å². The maximum Gasteiger partial charge on any atom is 0.246 e. The van der Waals surface area contributed by atoms with Gasteiger partial charge in [0.05, 0.1) is 6.10 Å². The van der Waals surface area contributed by atoms with Crippen LogP contribution in [0.5, 0.6) is 0 Å². The molecule has 19 heavy (non-hydrogen) atoms. The number of ether oxygens (including phenoxy) is 1. The van der Waals surface area contributed by atoms with Gasteiger partial charge in [0.1, 0.15) is 4.90 Å². The minimum Gasteiger partial charge on any atom is -0.381 e. The summed E-state index contributed by atoms with van der Waals surface area (Å²) in [5.41, 5.74) is -0.810. The van der Waals surface area contributed by atoms with Gasteiger partial charge in [-0.3, -0.25) is 4.79 Å². The lowest BCUT2D eigenvalue weighted by Gasteiger charge is -2.50. The SMILES string of the molecule is COC1CC(NS(=O)(=O)c2c[nH]ccc2=O)C1(C)C. The number of methoxy groups -OCH3 is 1. The van der Waals surface area contributed by atoms with Crippen LogP contribution in [0, 0.1) is 5.41 Å². The van der Waals surface area contributed by atoms with Crippen molar-refractivity contribution in [2.45, 2.75) is 37.3 Å². The smallest absolute Gasteiger partial charge is 0.246 e. The second-order valence-electron chi connectivity index (χ2n) is 5.33. The minimum absolute atomic E-state index is 0.0225. The van der Waals surface area contributed by atoms with Gasteiger partial charge in [-0.25, -0.2) is 13.1 Å². The Kier molecular flexibility index (Phi) is 3.55. The van der Waals surface area contributed by atoms with E-state index < -0.39 is 15.5 Å². The largest absolute Gasteiger partial charge is 0.381 e. The first kappa shape index (κ1) is 14.2. The molecule has 2 atom stereocenters. The molecule has 7 heteroatoms. The molecule has 1 heterocycles. The summed E-state index contributed by atoms with van der Waals surface area (Å²) in [5, 5.41) is 0. The highest BCUT2D eigenvalue weighted by molar-refractivity contribution is 7.89. The van der Waals surface area contributed by atoms with Crippen LogP contribution in [0.2, 0.25) is 0 Å². The van der Waals surface area contributed by atoms with Gasteiger partial charge in [0.2, 0.25) is 15.5 Å². The van der Waals surface area contributed by atoms with Crippen LogP contribution in [0.3, 0.4) is 0 Å². The van der Waals surface area contributed by atoms with Gasteiger partial charge in [-0.2, -0.15) is 0 Å². The Morgan fingerprint density at radius 2 is 2.16 bits per heavy atom. The van der Waals surface area contributed by atoms with Gasteiger partial charge in [0.15, 0.2) is 0 Å². The van der Waals surface area contributed by atoms with Gasteiger partial charge in [-0.15, -0.1) is 0 Å². The van der Waals surface area contributed by atoms with E-state index >= 15 is 0 Å². The van der Waals surface area contributed by atoms with Crippen molar-refractivity contribution in [1.29, 1.82) is 0 Å². The normalized spacial score (nSPS) is 25.8. The maximum absolute atomic E-state index is 12.2. The van der Waals surface area contributed by atoms with Crippen molar-refractivity contribution < 1.29 is 13.2 Å². The van der Waals surface area contributed by atoms with Crippen LogP contribution in [0.4, 0.5) is 0 Å². The van der Waals surface area contributed by atoms with Crippen molar-refractivity contribution in [1.82, 2.24) is 9.71 Å². The number of sulfonamides is 1. The first-order valence-corrected chi connectivity index (χ1v) is 7.49. The lowest BCUT2D eigenvalue weighted by Crippen LogP contribution is -2.61. The summed E-state index contributed by atoms with van der Waals surface area (Å²) in [4.78, 5) is 13.9. The third-order valence-electron chi connectivity index (χ3n) is 3.84. The van der Waals surface area contributed by atoms with Crippen LogP contribution in [-0.2, 0) is 14.8 Å². The molecule has 1 fully saturated rings. The van der Waals surface area contributed by atoms with Gasteiger partial charge in [0, 0.05) is 37.0 Å². The molecule has 106 valence electrons. The molecule has 0 bridgehead atoms. The Morgan fingerprint density at radius 3 is 2.68 bits per heavy atom. The van der Waals surface area contributed by atoms with Crippen LogP contribution >= 0.6 is 0 Å². The summed E-state index contributed by atoms with van der Waals surface area (Å²) in [7, 11) is -2.19. The number of aromatic amines is 1. The van der Waals surface area contributed by atoms with Crippen molar-refractivity contribution in [3.05, 3.63) is 28.7 Å². The lowest BCUT2D eigenvalue weighted by atomic mass is 9.65. The summed E-state index contributed by atoms with van der Waals surface area (Å²) >= 11 is 0. The summed E-state index contributed by atoms with van der Waals surface area (Å²) in [5.74, 6) is 0. The monoisotopic (exact) mass is 286 g/mol. The quantitative estimate of drug-likeness (QED) is 0.842. The van der Waals surface area contributed by atoms with Gasteiger partial charge in [0.25, 0.3) is 0 Å². The highest BCUT2D eigenvalue weighted by atomic mass is 32.2. The highest BCUT2D eigenvalue weighted by Crippen LogP contribution is 2.42. The molecule has 0 spiro atoms. The van der Waals surface area contributed by atoms with Crippen molar-refractivity contribution in [2.75, 3.05) is 7.11 Å². The molecule has 1 aliphatic carbocycles. The average Bonchev–Trinajstić information content (AvgIpc) is 2.34. The average molecular weight is 286 g/mol. The van der Waals surface area contributed by atoms with Gasteiger partial charge in [-0.1, -0.05) is 13.8 Å². The second kappa shape index (κ2) is 4.73. The van der Waals surface area contributed by atoms with E-state index in [0.29, 0.717) is 6.42 Å². The fraction of sp³-hybridized carbons (Fsp3) is 0.583. The van der Waals surface area contributed by atoms with E-state index in [0.717, 1.165) is 0 Å². The van der Waals surface area contributed by atoms with E-state index in [1.807, 2.05) is 13.8 Å². The molecule has 1 saturated carbocycles. The van der Waals surface area contributed by atoms with Crippen molar-refractivity contribution in [3.63, 3.8) is 0 Å². The fourth-order valence-corrected chi connectivity index (χ4v) is 3.80. The summed E-state index contributed by atoms with van der Waals surface area (Å²) in [6.07, 6.45) is 3.22. The summed E-state index contributed by atoms with van der Waals surface area (Å²) in [6.45, 7) is 3.88. The Hall–Kier alpha value is -1.18. The first-order chi connectivity index (χ1) is 8.79. The van der Waals surface area contributed by atoms with Crippen LogP contribution in [0.25, 0.3) is 0 Å². The predicted octanol–water partition coefficient (Wildman–Crippen LogP) is 0.467. The Morgan fingerprint density at radius 1 is 1.47 bits per heavy atom. The molecule has 0 aliphatic heterocycles. The molecule has 0 amide bonds. The number of pyridine rings is 1. The second-order valence-corrected chi connectivity index (χ2v) is 7.01. The minimum atomic E-state index is -3.80. The molecule has 0 aromatic carbocycles. The Labute approximate surface area is 112 Å². The third-order valence-corrected chi connectivity index (χ3v) is 5.33. The Balaban J connectivity index is 2.21. The van der Waals surface area contributed by atoms with Crippen molar-refractivity contribution >= 4 is 10.0 Å². The van der Waals surface area contributed by atoms with Crippen LogP contribution in [0.1, 0.15) is 20.3 Å². The van der Waals surface area contributed by atoms with E-state index in [4.69, 9.17) is 4.74 Å². The maximum atomic E-state index is 12.2. The number of hydrogen-bond donors (Lipinski definition) is 2. The Bertz CT molecular complexity index is 621. The van der Waals surface area contributed by atoms with Crippen LogP contribution < -0.4 is 10.2 Å². The van der Waals surface area contributed by atoms with Gasteiger partial charge in [-0.05, 0) is 6.42 Å². The van der Waals surface area contributed by atoms with E-state index in [9.17, 15) is 13.2 Å². The molecule has 2 N–H and O–H groups in total. The zero-order valence-corrected chi connectivity index (χ0v) is 12.0. The molecule has 0 saturated heterocycles. The summed E-state index contributed by atoms with van der Waals surface area (Å²) < 4.78 is 32.2. The molecule has 2 unspecified atom stereocenters. The summed E-state index contributed by atoms with van der Waals surface area (Å²) in [6, 6.07) is 0.959. The zero-order valence-electron chi connectivity index (χ0n) is 11.1. The number of rotatable bonds is 4. The van der Waals surface area contributed by atoms with Crippen LogP contribution in [-0.4, -0.2) is 32.7 Å². The molecular weight excluding hydrogens is 268 g/mol. The van der Waals surface area contributed by atoms with E-state index in [1.54, 1.807) is 7.11 Å². The predicted molar refractivity (Wildman–Crippen MR) is 70.4 cm³/mol. The molecule has 1 aromatic rings. The van der Waals surface area contributed by atoms with Crippen molar-refractivity contribution in [2.24, 2.45) is 5.41 Å². The first-order valence-electron chi connectivity index (χ1n) is 6.01. The third kappa shape index (κ3) is 2.45. The number of aromatic nitrogens is 1. The molecule has 6 nitrogen and oxygen atoms in total. The van der Waals surface area contributed by atoms with Gasteiger partial charge >= 0.3 is 0 Å². The highest BCUT2D eigenvalue weighted by Gasteiger charge is 2.50. The number of nitrogens with one attached hydrogen (secondary N) is 2. The van der Waals surface area contributed by atoms with Gasteiger partial charge < -0.3 is 9.72 Å². The molecular formula is C12H18N2O4S. The van der Waals surface area contributed by atoms with Crippen LogP contribution in [0.15, 0.2) is 28.2 Å².